The minimum atomic E-state index is 0.629. The Morgan fingerprint density at radius 3 is 2.66 bits per heavy atom. The normalized spacial score (nSPS) is 11.2. The summed E-state index contributed by atoms with van der Waals surface area (Å²) < 4.78 is 3.98. The van der Waals surface area contributed by atoms with E-state index in [1.807, 2.05) is 36.0 Å². The molecule has 142 valence electrons. The van der Waals surface area contributed by atoms with Gasteiger partial charge in [0.2, 0.25) is 0 Å². The highest BCUT2D eigenvalue weighted by Crippen LogP contribution is 2.25. The van der Waals surface area contributed by atoms with Crippen LogP contribution in [0.15, 0.2) is 73.4 Å². The summed E-state index contributed by atoms with van der Waals surface area (Å²) >= 11 is 0. The van der Waals surface area contributed by atoms with Gasteiger partial charge in [0.15, 0.2) is 0 Å². The first-order valence-electron chi connectivity index (χ1n) is 9.52. The summed E-state index contributed by atoms with van der Waals surface area (Å²) in [6, 6.07) is 14.4. The molecule has 0 fully saturated rings. The Morgan fingerprint density at radius 1 is 0.897 bits per heavy atom. The van der Waals surface area contributed by atoms with Crippen molar-refractivity contribution < 1.29 is 0 Å². The maximum Gasteiger partial charge on any atom is 0.137 e. The van der Waals surface area contributed by atoms with Crippen molar-refractivity contribution >= 4 is 5.65 Å². The zero-order valence-corrected chi connectivity index (χ0v) is 16.3. The third kappa shape index (κ3) is 3.40. The Hall–Kier alpha value is -3.80. The summed E-state index contributed by atoms with van der Waals surface area (Å²) in [5.41, 5.74) is 7.97. The number of aryl methyl sites for hydroxylation is 2. The molecule has 0 aliphatic heterocycles. The smallest absolute Gasteiger partial charge is 0.137 e. The van der Waals surface area contributed by atoms with Crippen molar-refractivity contribution in [2.24, 2.45) is 0 Å². The Balaban J connectivity index is 1.42. The predicted molar refractivity (Wildman–Crippen MR) is 112 cm³/mol. The van der Waals surface area contributed by atoms with E-state index in [0.717, 1.165) is 39.5 Å². The summed E-state index contributed by atoms with van der Waals surface area (Å²) in [4.78, 5) is 13.5. The second-order valence-corrected chi connectivity index (χ2v) is 7.17. The average molecular weight is 380 g/mol. The molecule has 4 heterocycles. The number of rotatable bonds is 4. The maximum absolute atomic E-state index is 4.75. The molecule has 0 bridgehead atoms. The van der Waals surface area contributed by atoms with Crippen molar-refractivity contribution in [1.29, 1.82) is 0 Å². The van der Waals surface area contributed by atoms with Gasteiger partial charge in [-0.05, 0) is 37.6 Å². The zero-order chi connectivity index (χ0) is 19.8. The van der Waals surface area contributed by atoms with E-state index in [1.165, 1.54) is 5.56 Å². The van der Waals surface area contributed by atoms with Crippen LogP contribution in [0.4, 0.5) is 0 Å². The van der Waals surface area contributed by atoms with Crippen molar-refractivity contribution in [2.45, 2.75) is 20.4 Å². The maximum atomic E-state index is 4.75. The summed E-state index contributed by atoms with van der Waals surface area (Å²) in [6.07, 6.45) is 9.57. The van der Waals surface area contributed by atoms with Crippen molar-refractivity contribution in [3.05, 3.63) is 90.4 Å². The van der Waals surface area contributed by atoms with Gasteiger partial charge in [-0.1, -0.05) is 24.3 Å². The summed E-state index contributed by atoms with van der Waals surface area (Å²) in [7, 11) is 0. The minimum Gasteiger partial charge on any atom is -0.306 e. The lowest BCUT2D eigenvalue weighted by atomic mass is 10.0. The SMILES string of the molecule is Cc1ccc2nc(Cn3ccc(-c4cccc(-c5nccnc5C)c4)n3)cn2c1. The van der Waals surface area contributed by atoms with Crippen LogP contribution in [0.2, 0.25) is 0 Å². The highest BCUT2D eigenvalue weighted by molar-refractivity contribution is 5.70. The van der Waals surface area contributed by atoms with Crippen molar-refractivity contribution in [1.82, 2.24) is 29.1 Å². The standard InChI is InChI=1S/C23H20N6/c1-16-6-7-22-26-20(14-28(22)13-16)15-29-11-8-21(27-29)18-4-3-5-19(12-18)23-17(2)24-9-10-25-23/h3-14H,15H2,1-2H3. The predicted octanol–water partition coefficient (Wildman–Crippen LogP) is 4.32. The van der Waals surface area contributed by atoms with E-state index in [-0.39, 0.29) is 0 Å². The van der Waals surface area contributed by atoms with Crippen molar-refractivity contribution in [3.8, 4) is 22.5 Å². The lowest BCUT2D eigenvalue weighted by Crippen LogP contribution is -2.00. The minimum absolute atomic E-state index is 0.629. The van der Waals surface area contributed by atoms with Crippen LogP contribution < -0.4 is 0 Å². The molecule has 0 atom stereocenters. The molecule has 0 radical (unpaired) electrons. The van der Waals surface area contributed by atoms with Crippen LogP contribution in [0.25, 0.3) is 28.2 Å². The van der Waals surface area contributed by atoms with Gasteiger partial charge in [0.05, 0.1) is 29.3 Å². The molecule has 0 unspecified atom stereocenters. The number of hydrogen-bond acceptors (Lipinski definition) is 4. The van der Waals surface area contributed by atoms with Crippen LogP contribution in [-0.2, 0) is 6.54 Å². The summed E-state index contributed by atoms with van der Waals surface area (Å²) in [6.45, 7) is 4.68. The van der Waals surface area contributed by atoms with E-state index in [2.05, 4.69) is 62.9 Å². The van der Waals surface area contributed by atoms with Crippen molar-refractivity contribution in [2.75, 3.05) is 0 Å². The van der Waals surface area contributed by atoms with Gasteiger partial charge in [-0.2, -0.15) is 5.10 Å². The number of fused-ring (bicyclic) bond motifs is 1. The number of imidazole rings is 1. The molecule has 0 spiro atoms. The molecule has 1 aromatic carbocycles. The van der Waals surface area contributed by atoms with E-state index in [0.29, 0.717) is 6.54 Å². The molecule has 0 aliphatic carbocycles. The fraction of sp³-hybridized carbons (Fsp3) is 0.130. The van der Waals surface area contributed by atoms with Gasteiger partial charge < -0.3 is 4.40 Å². The van der Waals surface area contributed by atoms with Crippen LogP contribution in [0.5, 0.6) is 0 Å². The first kappa shape index (κ1) is 17.3. The van der Waals surface area contributed by atoms with Gasteiger partial charge >= 0.3 is 0 Å². The van der Waals surface area contributed by atoms with Gasteiger partial charge in [-0.25, -0.2) is 4.98 Å². The lowest BCUT2D eigenvalue weighted by Gasteiger charge is -2.05. The Kier molecular flexibility index (Phi) is 4.17. The molecular weight excluding hydrogens is 360 g/mol. The van der Waals surface area contributed by atoms with Gasteiger partial charge in [-0.15, -0.1) is 0 Å². The monoisotopic (exact) mass is 380 g/mol. The number of aromatic nitrogens is 6. The molecular formula is C23H20N6. The number of nitrogens with zero attached hydrogens (tertiary/aromatic N) is 6. The van der Waals surface area contributed by atoms with E-state index >= 15 is 0 Å². The average Bonchev–Trinajstić information content (AvgIpc) is 3.35. The molecule has 4 aromatic heterocycles. The fourth-order valence-corrected chi connectivity index (χ4v) is 3.52. The third-order valence-corrected chi connectivity index (χ3v) is 4.93. The molecule has 0 N–H and O–H groups in total. The van der Waals surface area contributed by atoms with E-state index in [1.54, 1.807) is 12.4 Å². The van der Waals surface area contributed by atoms with Crippen LogP contribution in [0, 0.1) is 13.8 Å². The lowest BCUT2D eigenvalue weighted by molar-refractivity contribution is 0.678. The quantitative estimate of drug-likeness (QED) is 0.466. The number of hydrogen-bond donors (Lipinski definition) is 0. The summed E-state index contributed by atoms with van der Waals surface area (Å²) in [5.74, 6) is 0. The first-order valence-corrected chi connectivity index (χ1v) is 9.52. The fourth-order valence-electron chi connectivity index (χ4n) is 3.52. The van der Waals surface area contributed by atoms with E-state index in [9.17, 15) is 0 Å². The second-order valence-electron chi connectivity index (χ2n) is 7.17. The van der Waals surface area contributed by atoms with Gasteiger partial charge in [0.1, 0.15) is 5.65 Å². The second kappa shape index (κ2) is 6.98. The Bertz CT molecular complexity index is 1310. The Labute approximate surface area is 168 Å². The number of pyridine rings is 1. The van der Waals surface area contributed by atoms with Gasteiger partial charge in [0, 0.05) is 42.1 Å². The summed E-state index contributed by atoms with van der Waals surface area (Å²) in [5, 5.41) is 4.75. The molecule has 29 heavy (non-hydrogen) atoms. The third-order valence-electron chi connectivity index (χ3n) is 4.93. The first-order chi connectivity index (χ1) is 14.2. The topological polar surface area (TPSA) is 60.9 Å². The van der Waals surface area contributed by atoms with Crippen LogP contribution in [0.3, 0.4) is 0 Å². The molecule has 0 saturated heterocycles. The molecule has 0 amide bonds. The molecule has 6 nitrogen and oxygen atoms in total. The van der Waals surface area contributed by atoms with Gasteiger partial charge in [-0.3, -0.25) is 14.6 Å². The molecule has 0 saturated carbocycles. The number of benzene rings is 1. The zero-order valence-electron chi connectivity index (χ0n) is 16.3. The Morgan fingerprint density at radius 2 is 1.76 bits per heavy atom. The molecule has 5 rings (SSSR count). The highest BCUT2D eigenvalue weighted by Gasteiger charge is 2.09. The molecule has 5 aromatic rings. The molecule has 6 heteroatoms. The van der Waals surface area contributed by atoms with Crippen LogP contribution in [0.1, 0.15) is 17.0 Å². The van der Waals surface area contributed by atoms with E-state index < -0.39 is 0 Å². The molecule has 0 aliphatic rings. The highest BCUT2D eigenvalue weighted by atomic mass is 15.3. The van der Waals surface area contributed by atoms with Gasteiger partial charge in [0.25, 0.3) is 0 Å². The van der Waals surface area contributed by atoms with E-state index in [4.69, 9.17) is 5.10 Å². The van der Waals surface area contributed by atoms with Crippen LogP contribution in [-0.4, -0.2) is 29.1 Å². The van der Waals surface area contributed by atoms with Crippen molar-refractivity contribution in [3.63, 3.8) is 0 Å². The largest absolute Gasteiger partial charge is 0.306 e. The van der Waals surface area contributed by atoms with Crippen LogP contribution >= 0.6 is 0 Å².